The van der Waals surface area contributed by atoms with Gasteiger partial charge in [-0.05, 0) is 18.2 Å². The van der Waals surface area contributed by atoms with Gasteiger partial charge in [0.2, 0.25) is 10.0 Å². The molecule has 2 rings (SSSR count). The summed E-state index contributed by atoms with van der Waals surface area (Å²) in [7, 11) is -1.49. The molecule has 2 aromatic rings. The van der Waals surface area contributed by atoms with Crippen molar-refractivity contribution in [2.45, 2.75) is 12.1 Å². The molecule has 0 fully saturated rings. The van der Waals surface area contributed by atoms with E-state index < -0.39 is 10.0 Å². The van der Waals surface area contributed by atoms with Crippen molar-refractivity contribution in [2.24, 2.45) is 0 Å². The van der Waals surface area contributed by atoms with Gasteiger partial charge < -0.3 is 5.32 Å². The second-order valence-corrected chi connectivity index (χ2v) is 6.74. The Bertz CT molecular complexity index is 657. The number of hydrogen-bond acceptors (Lipinski definition) is 3. The lowest BCUT2D eigenvalue weighted by Crippen LogP contribution is -2.36. The van der Waals surface area contributed by atoms with Crippen molar-refractivity contribution in [1.82, 2.24) is 10.0 Å². The number of benzene rings is 2. The molecule has 0 heterocycles. The van der Waals surface area contributed by atoms with E-state index in [4.69, 9.17) is 0 Å². The molecule has 21 heavy (non-hydrogen) atoms. The summed E-state index contributed by atoms with van der Waals surface area (Å²) in [6, 6.07) is 18.9. The summed E-state index contributed by atoms with van der Waals surface area (Å²) < 4.78 is 26.2. The quantitative estimate of drug-likeness (QED) is 0.860. The van der Waals surface area contributed by atoms with Gasteiger partial charge in [0.25, 0.3) is 0 Å². The van der Waals surface area contributed by atoms with Crippen LogP contribution < -0.4 is 10.0 Å². The molecule has 2 atom stereocenters. The predicted molar refractivity (Wildman–Crippen MR) is 85.4 cm³/mol. The number of rotatable bonds is 6. The average molecular weight is 304 g/mol. The zero-order chi connectivity index (χ0) is 15.3. The molecule has 2 N–H and O–H groups in total. The van der Waals surface area contributed by atoms with E-state index in [0.717, 1.165) is 11.1 Å². The lowest BCUT2D eigenvalue weighted by molar-refractivity contribution is 0.452. The minimum atomic E-state index is -3.32. The third-order valence-corrected chi connectivity index (χ3v) is 3.98. The van der Waals surface area contributed by atoms with E-state index >= 15 is 0 Å². The Hall–Kier alpha value is -1.69. The van der Waals surface area contributed by atoms with Crippen LogP contribution in [0.25, 0.3) is 0 Å². The number of hydrogen-bond donors (Lipinski definition) is 2. The summed E-state index contributed by atoms with van der Waals surface area (Å²) in [6.45, 7) is 0. The fraction of sp³-hybridized carbons (Fsp3) is 0.250. The second kappa shape index (κ2) is 6.85. The summed E-state index contributed by atoms with van der Waals surface area (Å²) in [5, 5.41) is 3.21. The fourth-order valence-electron chi connectivity index (χ4n) is 2.41. The van der Waals surface area contributed by atoms with Crippen LogP contribution in [0.2, 0.25) is 0 Å². The Morgan fingerprint density at radius 2 is 1.24 bits per heavy atom. The molecule has 0 bridgehead atoms. The highest BCUT2D eigenvalue weighted by Crippen LogP contribution is 2.29. The van der Waals surface area contributed by atoms with Crippen molar-refractivity contribution in [1.29, 1.82) is 0 Å². The van der Waals surface area contributed by atoms with Gasteiger partial charge in [0, 0.05) is 0 Å². The van der Waals surface area contributed by atoms with E-state index in [-0.39, 0.29) is 12.1 Å². The molecule has 0 saturated heterocycles. The zero-order valence-corrected chi connectivity index (χ0v) is 13.0. The summed E-state index contributed by atoms with van der Waals surface area (Å²) in [5.41, 5.74) is 1.95. The van der Waals surface area contributed by atoms with Gasteiger partial charge >= 0.3 is 0 Å². The van der Waals surface area contributed by atoms with E-state index in [0.29, 0.717) is 0 Å². The van der Waals surface area contributed by atoms with Gasteiger partial charge in [-0.3, -0.25) is 0 Å². The topological polar surface area (TPSA) is 58.2 Å². The van der Waals surface area contributed by atoms with Crippen LogP contribution in [0.15, 0.2) is 60.7 Å². The molecule has 0 aliphatic heterocycles. The van der Waals surface area contributed by atoms with Gasteiger partial charge in [0.1, 0.15) is 0 Å². The predicted octanol–water partition coefficient (Wildman–Crippen LogP) is 2.24. The highest BCUT2D eigenvalue weighted by molar-refractivity contribution is 7.88. The van der Waals surface area contributed by atoms with Crippen LogP contribution in [-0.2, 0) is 10.0 Å². The van der Waals surface area contributed by atoms with Gasteiger partial charge in [-0.2, -0.15) is 0 Å². The summed E-state index contributed by atoms with van der Waals surface area (Å²) in [6.07, 6.45) is 1.18. The van der Waals surface area contributed by atoms with Crippen molar-refractivity contribution in [2.75, 3.05) is 13.3 Å². The molecule has 0 amide bonds. The van der Waals surface area contributed by atoms with Gasteiger partial charge in [-0.15, -0.1) is 0 Å². The van der Waals surface area contributed by atoms with Gasteiger partial charge in [-0.1, -0.05) is 60.7 Å². The molecule has 0 aliphatic carbocycles. The van der Waals surface area contributed by atoms with E-state index in [1.54, 1.807) is 0 Å². The van der Waals surface area contributed by atoms with Gasteiger partial charge in [-0.25, -0.2) is 13.1 Å². The lowest BCUT2D eigenvalue weighted by atomic mass is 9.94. The van der Waals surface area contributed by atoms with Gasteiger partial charge in [0.15, 0.2) is 0 Å². The number of sulfonamides is 1. The van der Waals surface area contributed by atoms with Crippen molar-refractivity contribution in [3.63, 3.8) is 0 Å². The highest BCUT2D eigenvalue weighted by Gasteiger charge is 2.26. The summed E-state index contributed by atoms with van der Waals surface area (Å²) >= 11 is 0. The zero-order valence-electron chi connectivity index (χ0n) is 12.2. The molecule has 0 aromatic heterocycles. The van der Waals surface area contributed by atoms with Crippen LogP contribution in [0.5, 0.6) is 0 Å². The summed E-state index contributed by atoms with van der Waals surface area (Å²) in [4.78, 5) is 0. The minimum absolute atomic E-state index is 0.150. The van der Waals surface area contributed by atoms with Crippen molar-refractivity contribution in [3.8, 4) is 0 Å². The first-order valence-corrected chi connectivity index (χ1v) is 8.65. The average Bonchev–Trinajstić information content (AvgIpc) is 2.48. The largest absolute Gasteiger partial charge is 0.311 e. The van der Waals surface area contributed by atoms with Crippen LogP contribution in [0, 0.1) is 0 Å². The van der Waals surface area contributed by atoms with Crippen LogP contribution in [-0.4, -0.2) is 21.7 Å². The van der Waals surface area contributed by atoms with Crippen molar-refractivity contribution in [3.05, 3.63) is 71.8 Å². The smallest absolute Gasteiger partial charge is 0.209 e. The van der Waals surface area contributed by atoms with E-state index in [2.05, 4.69) is 10.0 Å². The van der Waals surface area contributed by atoms with E-state index in [1.807, 2.05) is 67.7 Å². The summed E-state index contributed by atoms with van der Waals surface area (Å²) in [5.74, 6) is 0. The molecule has 0 aliphatic rings. The second-order valence-electron chi connectivity index (χ2n) is 4.96. The standard InChI is InChI=1S/C16H20N2O2S/c1-17-15(13-9-5-3-6-10-13)16(18-21(2,19)20)14-11-7-4-8-12-14/h3-12,15-18H,1-2H3/t15-,16-/m0/s1. The third-order valence-electron chi connectivity index (χ3n) is 3.30. The molecule has 5 heteroatoms. The Labute approximate surface area is 126 Å². The molecule has 0 unspecified atom stereocenters. The molecular formula is C16H20N2O2S. The highest BCUT2D eigenvalue weighted by atomic mass is 32.2. The maximum absolute atomic E-state index is 11.7. The van der Waals surface area contributed by atoms with Crippen molar-refractivity contribution >= 4 is 10.0 Å². The maximum Gasteiger partial charge on any atom is 0.209 e. The number of nitrogens with one attached hydrogen (secondary N) is 2. The fourth-order valence-corrected chi connectivity index (χ4v) is 3.14. The Morgan fingerprint density at radius 3 is 1.62 bits per heavy atom. The molecule has 0 radical (unpaired) electrons. The van der Waals surface area contributed by atoms with Crippen LogP contribution in [0.3, 0.4) is 0 Å². The Kier molecular flexibility index (Phi) is 5.12. The van der Waals surface area contributed by atoms with Crippen LogP contribution in [0.1, 0.15) is 23.2 Å². The maximum atomic E-state index is 11.7. The molecular weight excluding hydrogens is 284 g/mol. The first kappa shape index (κ1) is 15.7. The van der Waals surface area contributed by atoms with Crippen LogP contribution in [0.4, 0.5) is 0 Å². The Morgan fingerprint density at radius 1 is 0.810 bits per heavy atom. The monoisotopic (exact) mass is 304 g/mol. The molecule has 0 saturated carbocycles. The van der Waals surface area contributed by atoms with Crippen LogP contribution >= 0.6 is 0 Å². The SMILES string of the molecule is CN[C@@H](c1ccccc1)[C@@H](NS(C)(=O)=O)c1ccccc1. The number of likely N-dealkylation sites (N-methyl/N-ethyl adjacent to an activating group) is 1. The molecule has 2 aromatic carbocycles. The van der Waals surface area contributed by atoms with E-state index in [1.165, 1.54) is 6.26 Å². The third kappa shape index (κ3) is 4.39. The molecule has 112 valence electrons. The Balaban J connectivity index is 2.43. The lowest BCUT2D eigenvalue weighted by Gasteiger charge is -2.28. The first-order valence-electron chi connectivity index (χ1n) is 6.76. The van der Waals surface area contributed by atoms with Gasteiger partial charge in [0.05, 0.1) is 18.3 Å². The van der Waals surface area contributed by atoms with E-state index in [9.17, 15) is 8.42 Å². The minimum Gasteiger partial charge on any atom is -0.311 e. The first-order chi connectivity index (χ1) is 10.0. The molecule has 4 nitrogen and oxygen atoms in total. The molecule has 0 spiro atoms. The van der Waals surface area contributed by atoms with Crippen molar-refractivity contribution < 1.29 is 8.42 Å². The normalized spacial score (nSPS) is 14.6.